The standard InChI is InChI=1S/C17H22N6S/c1-10-6-12(3)23(22-10)8-11(2)21-16-15-13-4-5-18-7-14(13)24-17(15)20-9-19-16/h6,9,11,18H,4-5,7-8H2,1-3H3,(H,19,20,21)/t11-/m1/s1. The number of aryl methyl sites for hydroxylation is 2. The topological polar surface area (TPSA) is 67.7 Å². The number of nitrogens with one attached hydrogen (secondary N) is 2. The third-order valence-electron chi connectivity index (χ3n) is 4.44. The number of hydrogen-bond donors (Lipinski definition) is 2. The van der Waals surface area contributed by atoms with Crippen molar-refractivity contribution in [2.45, 2.75) is 46.3 Å². The highest BCUT2D eigenvalue weighted by molar-refractivity contribution is 7.18. The highest BCUT2D eigenvalue weighted by atomic mass is 32.1. The highest BCUT2D eigenvalue weighted by Gasteiger charge is 2.20. The first kappa shape index (κ1) is 15.5. The predicted molar refractivity (Wildman–Crippen MR) is 97.6 cm³/mol. The fraction of sp³-hybridized carbons (Fsp3) is 0.471. The van der Waals surface area contributed by atoms with Crippen LogP contribution in [0.5, 0.6) is 0 Å². The molecule has 0 spiro atoms. The molecule has 6 nitrogen and oxygen atoms in total. The zero-order valence-corrected chi connectivity index (χ0v) is 15.1. The summed E-state index contributed by atoms with van der Waals surface area (Å²) in [5, 5.41) is 12.8. The van der Waals surface area contributed by atoms with E-state index in [9.17, 15) is 0 Å². The Morgan fingerprint density at radius 3 is 3.04 bits per heavy atom. The molecule has 4 rings (SSSR count). The molecular weight excluding hydrogens is 320 g/mol. The number of thiophene rings is 1. The minimum atomic E-state index is 0.235. The molecule has 1 aliphatic heterocycles. The molecule has 3 aromatic rings. The lowest BCUT2D eigenvalue weighted by molar-refractivity contribution is 0.545. The maximum atomic E-state index is 4.55. The number of aromatic nitrogens is 4. The first-order chi connectivity index (χ1) is 11.6. The van der Waals surface area contributed by atoms with Crippen LogP contribution in [0.1, 0.15) is 28.8 Å². The zero-order chi connectivity index (χ0) is 16.7. The van der Waals surface area contributed by atoms with E-state index in [1.54, 1.807) is 17.7 Å². The summed E-state index contributed by atoms with van der Waals surface area (Å²) in [5.74, 6) is 0.952. The van der Waals surface area contributed by atoms with E-state index in [-0.39, 0.29) is 6.04 Å². The largest absolute Gasteiger partial charge is 0.365 e. The second kappa shape index (κ2) is 6.14. The smallest absolute Gasteiger partial charge is 0.138 e. The molecule has 24 heavy (non-hydrogen) atoms. The molecule has 0 amide bonds. The Bertz CT molecular complexity index is 881. The lowest BCUT2D eigenvalue weighted by Gasteiger charge is -2.17. The van der Waals surface area contributed by atoms with Gasteiger partial charge in [0, 0.05) is 23.2 Å². The van der Waals surface area contributed by atoms with E-state index in [0.717, 1.165) is 42.4 Å². The summed E-state index contributed by atoms with van der Waals surface area (Å²) >= 11 is 1.78. The van der Waals surface area contributed by atoms with Gasteiger partial charge < -0.3 is 10.6 Å². The molecule has 0 saturated heterocycles. The third kappa shape index (κ3) is 2.78. The first-order valence-electron chi connectivity index (χ1n) is 8.35. The molecule has 126 valence electrons. The molecule has 4 heterocycles. The van der Waals surface area contributed by atoms with Crippen LogP contribution in [0, 0.1) is 13.8 Å². The van der Waals surface area contributed by atoms with Crippen LogP contribution in [0.4, 0.5) is 5.82 Å². The van der Waals surface area contributed by atoms with Gasteiger partial charge >= 0.3 is 0 Å². The monoisotopic (exact) mass is 342 g/mol. The van der Waals surface area contributed by atoms with E-state index in [0.29, 0.717) is 0 Å². The van der Waals surface area contributed by atoms with Crippen LogP contribution in [-0.2, 0) is 19.5 Å². The average Bonchev–Trinajstić information content (AvgIpc) is 3.07. The lowest BCUT2D eigenvalue weighted by atomic mass is 10.1. The second-order valence-electron chi connectivity index (χ2n) is 6.49. The highest BCUT2D eigenvalue weighted by Crippen LogP contribution is 2.35. The van der Waals surface area contributed by atoms with Gasteiger partial charge in [0.15, 0.2) is 0 Å². The fourth-order valence-corrected chi connectivity index (χ4v) is 4.52. The van der Waals surface area contributed by atoms with Crippen molar-refractivity contribution in [1.29, 1.82) is 0 Å². The van der Waals surface area contributed by atoms with Crippen molar-refractivity contribution >= 4 is 27.4 Å². The molecule has 0 saturated carbocycles. The first-order valence-corrected chi connectivity index (χ1v) is 9.17. The van der Waals surface area contributed by atoms with Crippen molar-refractivity contribution < 1.29 is 0 Å². The summed E-state index contributed by atoms with van der Waals surface area (Å²) in [6.45, 7) is 9.08. The molecule has 0 fully saturated rings. The normalized spacial score (nSPS) is 15.5. The molecule has 1 atom stereocenters. The van der Waals surface area contributed by atoms with Gasteiger partial charge in [0.2, 0.25) is 0 Å². The van der Waals surface area contributed by atoms with Crippen molar-refractivity contribution in [1.82, 2.24) is 25.1 Å². The van der Waals surface area contributed by atoms with Crippen molar-refractivity contribution in [2.75, 3.05) is 11.9 Å². The van der Waals surface area contributed by atoms with Crippen LogP contribution >= 0.6 is 11.3 Å². The van der Waals surface area contributed by atoms with E-state index >= 15 is 0 Å². The molecule has 3 aromatic heterocycles. The SMILES string of the molecule is Cc1cc(C)n(C[C@@H](C)Nc2ncnc3sc4c(c23)CCNC4)n1. The Hall–Kier alpha value is -1.99. The molecule has 0 unspecified atom stereocenters. The van der Waals surface area contributed by atoms with Gasteiger partial charge in [-0.05, 0) is 45.4 Å². The number of rotatable bonds is 4. The second-order valence-corrected chi connectivity index (χ2v) is 7.57. The van der Waals surface area contributed by atoms with E-state index in [1.807, 2.05) is 6.92 Å². The predicted octanol–water partition coefficient (Wildman–Crippen LogP) is 2.65. The zero-order valence-electron chi connectivity index (χ0n) is 14.3. The molecule has 0 bridgehead atoms. The summed E-state index contributed by atoms with van der Waals surface area (Å²) in [5.41, 5.74) is 3.66. The van der Waals surface area contributed by atoms with E-state index in [2.05, 4.69) is 50.3 Å². The maximum Gasteiger partial charge on any atom is 0.138 e. The molecule has 1 aliphatic rings. The number of nitrogens with zero attached hydrogens (tertiary/aromatic N) is 4. The molecule has 0 radical (unpaired) electrons. The summed E-state index contributed by atoms with van der Waals surface area (Å²) in [7, 11) is 0. The van der Waals surface area contributed by atoms with Crippen molar-refractivity contribution in [3.63, 3.8) is 0 Å². The van der Waals surface area contributed by atoms with E-state index < -0.39 is 0 Å². The number of fused-ring (bicyclic) bond motifs is 3. The van der Waals surface area contributed by atoms with Gasteiger partial charge in [-0.3, -0.25) is 4.68 Å². The van der Waals surface area contributed by atoms with Gasteiger partial charge in [0.05, 0.1) is 17.6 Å². The van der Waals surface area contributed by atoms with E-state index in [4.69, 9.17) is 0 Å². The van der Waals surface area contributed by atoms with Crippen LogP contribution in [0.3, 0.4) is 0 Å². The fourth-order valence-electron chi connectivity index (χ4n) is 3.37. The maximum absolute atomic E-state index is 4.55. The molecule has 7 heteroatoms. The third-order valence-corrected chi connectivity index (χ3v) is 5.58. The van der Waals surface area contributed by atoms with Gasteiger partial charge in [0.25, 0.3) is 0 Å². The molecule has 0 aliphatic carbocycles. The number of hydrogen-bond acceptors (Lipinski definition) is 6. The van der Waals surface area contributed by atoms with Gasteiger partial charge in [-0.15, -0.1) is 11.3 Å². The van der Waals surface area contributed by atoms with Gasteiger partial charge in [-0.2, -0.15) is 5.10 Å². The van der Waals surface area contributed by atoms with Crippen LogP contribution in [0.2, 0.25) is 0 Å². The van der Waals surface area contributed by atoms with Gasteiger partial charge in [-0.1, -0.05) is 0 Å². The number of anilines is 1. The Morgan fingerprint density at radius 1 is 1.38 bits per heavy atom. The van der Waals surface area contributed by atoms with Crippen LogP contribution in [-0.4, -0.2) is 32.3 Å². The van der Waals surface area contributed by atoms with Crippen LogP contribution in [0.25, 0.3) is 10.2 Å². The van der Waals surface area contributed by atoms with Crippen LogP contribution < -0.4 is 10.6 Å². The minimum absolute atomic E-state index is 0.235. The Morgan fingerprint density at radius 2 is 2.25 bits per heavy atom. The van der Waals surface area contributed by atoms with Crippen LogP contribution in [0.15, 0.2) is 12.4 Å². The van der Waals surface area contributed by atoms with Gasteiger partial charge in [-0.25, -0.2) is 9.97 Å². The Kier molecular flexibility index (Phi) is 3.97. The Labute approximate surface area is 145 Å². The summed E-state index contributed by atoms with van der Waals surface area (Å²) in [4.78, 5) is 11.5. The summed E-state index contributed by atoms with van der Waals surface area (Å²) < 4.78 is 2.05. The summed E-state index contributed by atoms with van der Waals surface area (Å²) in [6.07, 6.45) is 2.71. The molecular formula is C17H22N6S. The van der Waals surface area contributed by atoms with Gasteiger partial charge in [0.1, 0.15) is 17.0 Å². The average molecular weight is 342 g/mol. The van der Waals surface area contributed by atoms with E-state index in [1.165, 1.54) is 21.5 Å². The molecule has 2 N–H and O–H groups in total. The quantitative estimate of drug-likeness (QED) is 0.763. The Balaban J connectivity index is 1.62. The minimum Gasteiger partial charge on any atom is -0.365 e. The van der Waals surface area contributed by atoms with Crippen molar-refractivity contribution in [3.05, 3.63) is 34.2 Å². The van der Waals surface area contributed by atoms with Crippen molar-refractivity contribution in [3.8, 4) is 0 Å². The molecule has 0 aromatic carbocycles. The van der Waals surface area contributed by atoms with Crippen molar-refractivity contribution in [2.24, 2.45) is 0 Å². The summed E-state index contributed by atoms with van der Waals surface area (Å²) in [6, 6.07) is 2.34. The lowest BCUT2D eigenvalue weighted by Crippen LogP contribution is -2.25.